The van der Waals surface area contributed by atoms with Gasteiger partial charge in [0, 0.05) is 23.2 Å². The summed E-state index contributed by atoms with van der Waals surface area (Å²) in [7, 11) is 0. The highest BCUT2D eigenvalue weighted by Crippen LogP contribution is 2.37. The highest BCUT2D eigenvalue weighted by Gasteiger charge is 2.28. The molecule has 1 unspecified atom stereocenters. The number of aromatic nitrogens is 2. The van der Waals surface area contributed by atoms with Crippen molar-refractivity contribution in [2.75, 3.05) is 0 Å². The summed E-state index contributed by atoms with van der Waals surface area (Å²) in [4.78, 5) is 9.31. The summed E-state index contributed by atoms with van der Waals surface area (Å²) < 4.78 is 0. The highest BCUT2D eigenvalue weighted by molar-refractivity contribution is 6.04. The molecule has 31 heavy (non-hydrogen) atoms. The van der Waals surface area contributed by atoms with Crippen molar-refractivity contribution >= 4 is 21.8 Å². The second-order valence-corrected chi connectivity index (χ2v) is 9.45. The summed E-state index contributed by atoms with van der Waals surface area (Å²) in [5.41, 5.74) is 6.53. The van der Waals surface area contributed by atoms with Gasteiger partial charge in [-0.3, -0.25) is 9.97 Å². The van der Waals surface area contributed by atoms with Crippen LogP contribution in [0.4, 0.5) is 0 Å². The van der Waals surface area contributed by atoms with Gasteiger partial charge in [0.25, 0.3) is 0 Å². The van der Waals surface area contributed by atoms with Gasteiger partial charge in [0.1, 0.15) is 0 Å². The number of benzene rings is 2. The number of rotatable bonds is 7. The van der Waals surface area contributed by atoms with Gasteiger partial charge >= 0.3 is 0 Å². The Morgan fingerprint density at radius 3 is 1.84 bits per heavy atom. The lowest BCUT2D eigenvalue weighted by molar-refractivity contribution is 0.435. The predicted octanol–water partition coefficient (Wildman–Crippen LogP) is 7.77. The molecule has 2 aromatic heterocycles. The third-order valence-electron chi connectivity index (χ3n) is 7.75. The van der Waals surface area contributed by atoms with Gasteiger partial charge in [-0.05, 0) is 71.4 Å². The predicted molar refractivity (Wildman–Crippen MR) is 133 cm³/mol. The van der Waals surface area contributed by atoms with Gasteiger partial charge in [-0.15, -0.1) is 0 Å². The number of hydrogen-bond acceptors (Lipinski definition) is 2. The Hall–Kier alpha value is -2.74. The van der Waals surface area contributed by atoms with E-state index in [1.165, 1.54) is 27.5 Å². The molecule has 0 bridgehead atoms. The van der Waals surface area contributed by atoms with Crippen LogP contribution >= 0.6 is 0 Å². The maximum atomic E-state index is 4.69. The molecule has 1 atom stereocenters. The van der Waals surface area contributed by atoms with E-state index in [1.807, 2.05) is 24.5 Å². The van der Waals surface area contributed by atoms with Crippen LogP contribution in [0.15, 0.2) is 67.0 Å². The Morgan fingerprint density at radius 1 is 0.677 bits per heavy atom. The SMILES string of the molecule is CCC(C)(CC)c1ccc(C(C)(CC)Cc2cc3cccnc3c3ncccc23)cc1. The Bertz CT molecular complexity index is 1190. The Morgan fingerprint density at radius 2 is 1.23 bits per heavy atom. The van der Waals surface area contributed by atoms with Gasteiger partial charge < -0.3 is 0 Å². The van der Waals surface area contributed by atoms with Crippen LogP contribution in [0.5, 0.6) is 0 Å². The van der Waals surface area contributed by atoms with Gasteiger partial charge in [-0.25, -0.2) is 0 Å². The zero-order chi connectivity index (χ0) is 22.1. The Labute approximate surface area is 186 Å². The average Bonchev–Trinajstić information content (AvgIpc) is 2.83. The van der Waals surface area contributed by atoms with E-state index in [0.717, 1.165) is 36.7 Å². The molecule has 0 fully saturated rings. The first-order chi connectivity index (χ1) is 14.9. The first-order valence-corrected chi connectivity index (χ1v) is 11.7. The molecule has 160 valence electrons. The van der Waals surface area contributed by atoms with Crippen LogP contribution in [0.3, 0.4) is 0 Å². The molecule has 0 aliphatic carbocycles. The van der Waals surface area contributed by atoms with Gasteiger partial charge in [-0.1, -0.05) is 71.0 Å². The fraction of sp³-hybridized carbons (Fsp3) is 0.379. The van der Waals surface area contributed by atoms with E-state index >= 15 is 0 Å². The lowest BCUT2D eigenvalue weighted by atomic mass is 9.72. The lowest BCUT2D eigenvalue weighted by Crippen LogP contribution is -2.25. The standard InChI is InChI=1S/C29H34N2/c1-6-28(4,7-2)23-13-15-24(16-14-23)29(5,8-3)20-22-19-21-11-9-17-30-26(21)27-25(22)12-10-18-31-27/h9-19H,6-8,20H2,1-5H3. The summed E-state index contributed by atoms with van der Waals surface area (Å²) in [5, 5.41) is 2.38. The molecule has 0 N–H and O–H groups in total. The van der Waals surface area contributed by atoms with Crippen LogP contribution in [0.2, 0.25) is 0 Å². The minimum absolute atomic E-state index is 0.0615. The summed E-state index contributed by atoms with van der Waals surface area (Å²) in [6, 6.07) is 20.2. The van der Waals surface area contributed by atoms with E-state index < -0.39 is 0 Å². The Kier molecular flexibility index (Phi) is 5.83. The number of nitrogens with zero attached hydrogens (tertiary/aromatic N) is 2. The maximum absolute atomic E-state index is 4.69. The third kappa shape index (κ3) is 3.84. The lowest BCUT2D eigenvalue weighted by Gasteiger charge is -2.32. The zero-order valence-corrected chi connectivity index (χ0v) is 19.6. The summed E-state index contributed by atoms with van der Waals surface area (Å²) >= 11 is 0. The minimum atomic E-state index is 0.0615. The second kappa shape index (κ2) is 8.42. The summed E-state index contributed by atoms with van der Waals surface area (Å²) in [6.45, 7) is 11.7. The molecule has 2 aromatic carbocycles. The monoisotopic (exact) mass is 410 g/mol. The molecule has 2 heteroatoms. The van der Waals surface area contributed by atoms with Crippen LogP contribution in [-0.4, -0.2) is 9.97 Å². The van der Waals surface area contributed by atoms with Crippen molar-refractivity contribution in [3.05, 3.63) is 83.7 Å². The van der Waals surface area contributed by atoms with Crippen molar-refractivity contribution in [2.45, 2.75) is 71.1 Å². The second-order valence-electron chi connectivity index (χ2n) is 9.45. The van der Waals surface area contributed by atoms with Crippen molar-refractivity contribution in [1.29, 1.82) is 0 Å². The molecule has 0 aliphatic rings. The van der Waals surface area contributed by atoms with Crippen LogP contribution in [0.25, 0.3) is 21.8 Å². The minimum Gasteiger partial charge on any atom is -0.254 e. The smallest absolute Gasteiger partial charge is 0.0967 e. The van der Waals surface area contributed by atoms with Crippen LogP contribution in [0, 0.1) is 0 Å². The van der Waals surface area contributed by atoms with E-state index in [9.17, 15) is 0 Å². The first kappa shape index (κ1) is 21.5. The fourth-order valence-corrected chi connectivity index (χ4v) is 4.78. The van der Waals surface area contributed by atoms with E-state index in [2.05, 4.69) is 82.1 Å². The number of fused-ring (bicyclic) bond motifs is 3. The molecule has 2 nitrogen and oxygen atoms in total. The summed E-state index contributed by atoms with van der Waals surface area (Å²) in [6.07, 6.45) is 8.12. The van der Waals surface area contributed by atoms with Gasteiger partial charge in [-0.2, -0.15) is 0 Å². The molecular weight excluding hydrogens is 376 g/mol. The molecule has 0 saturated heterocycles. The van der Waals surface area contributed by atoms with Crippen LogP contribution in [-0.2, 0) is 17.3 Å². The summed E-state index contributed by atoms with van der Waals surface area (Å²) in [5.74, 6) is 0. The number of hydrogen-bond donors (Lipinski definition) is 0. The van der Waals surface area contributed by atoms with E-state index in [-0.39, 0.29) is 10.8 Å². The van der Waals surface area contributed by atoms with Gasteiger partial charge in [0.15, 0.2) is 0 Å². The van der Waals surface area contributed by atoms with Crippen molar-refractivity contribution in [2.24, 2.45) is 0 Å². The molecule has 0 radical (unpaired) electrons. The molecule has 0 amide bonds. The number of pyridine rings is 2. The average molecular weight is 411 g/mol. The quantitative estimate of drug-likeness (QED) is 0.291. The topological polar surface area (TPSA) is 25.8 Å². The maximum Gasteiger partial charge on any atom is 0.0967 e. The molecule has 0 saturated carbocycles. The normalized spacial score (nSPS) is 14.1. The van der Waals surface area contributed by atoms with Crippen molar-refractivity contribution in [3.63, 3.8) is 0 Å². The molecule has 0 aliphatic heterocycles. The van der Waals surface area contributed by atoms with E-state index in [1.54, 1.807) is 0 Å². The Balaban J connectivity index is 1.77. The van der Waals surface area contributed by atoms with Crippen LogP contribution < -0.4 is 0 Å². The van der Waals surface area contributed by atoms with Crippen molar-refractivity contribution in [3.8, 4) is 0 Å². The van der Waals surface area contributed by atoms with Crippen molar-refractivity contribution in [1.82, 2.24) is 9.97 Å². The third-order valence-corrected chi connectivity index (χ3v) is 7.75. The molecule has 2 heterocycles. The van der Waals surface area contributed by atoms with E-state index in [4.69, 9.17) is 4.98 Å². The highest BCUT2D eigenvalue weighted by atomic mass is 14.7. The molecule has 4 rings (SSSR count). The molecular formula is C29H34N2. The van der Waals surface area contributed by atoms with Gasteiger partial charge in [0.2, 0.25) is 0 Å². The van der Waals surface area contributed by atoms with Gasteiger partial charge in [0.05, 0.1) is 11.0 Å². The van der Waals surface area contributed by atoms with Crippen molar-refractivity contribution < 1.29 is 0 Å². The molecule has 4 aromatic rings. The van der Waals surface area contributed by atoms with E-state index in [0.29, 0.717) is 0 Å². The van der Waals surface area contributed by atoms with Crippen LogP contribution in [0.1, 0.15) is 70.6 Å². The largest absolute Gasteiger partial charge is 0.254 e. The zero-order valence-electron chi connectivity index (χ0n) is 19.6. The first-order valence-electron chi connectivity index (χ1n) is 11.7. The fourth-order valence-electron chi connectivity index (χ4n) is 4.78. The molecule has 0 spiro atoms.